The predicted molar refractivity (Wildman–Crippen MR) is 98.7 cm³/mol. The fourth-order valence-corrected chi connectivity index (χ4v) is 2.82. The molecule has 0 spiro atoms. The molecule has 0 bridgehead atoms. The molecule has 1 fully saturated rings. The molecular formula is C20H32O4. The van der Waals surface area contributed by atoms with Gasteiger partial charge in [-0.05, 0) is 38.5 Å². The zero-order valence-electron chi connectivity index (χ0n) is 15.1. The summed E-state index contributed by atoms with van der Waals surface area (Å²) in [7, 11) is 0. The summed E-state index contributed by atoms with van der Waals surface area (Å²) in [5.74, 6) is 0.329. The second-order valence-corrected chi connectivity index (χ2v) is 6.31. The molecule has 0 aliphatic carbocycles. The maximum Gasteiger partial charge on any atom is 0.334 e. The van der Waals surface area contributed by atoms with Crippen molar-refractivity contribution in [2.45, 2.75) is 45.6 Å². The maximum atomic E-state index is 11.9. The van der Waals surface area contributed by atoms with Gasteiger partial charge in [-0.2, -0.15) is 0 Å². The van der Waals surface area contributed by atoms with Crippen molar-refractivity contribution in [3.63, 3.8) is 0 Å². The van der Waals surface area contributed by atoms with Gasteiger partial charge in [0.05, 0.1) is 13.2 Å². The molecule has 136 valence electrons. The quantitative estimate of drug-likeness (QED) is 0.249. The number of carbonyl (C=O) groups is 1. The van der Waals surface area contributed by atoms with E-state index in [-0.39, 0.29) is 23.5 Å². The van der Waals surface area contributed by atoms with Gasteiger partial charge < -0.3 is 14.9 Å². The van der Waals surface area contributed by atoms with Gasteiger partial charge in [0, 0.05) is 11.5 Å². The monoisotopic (exact) mass is 336 g/mol. The summed E-state index contributed by atoms with van der Waals surface area (Å²) in [6, 6.07) is 0. The standard InChI is InChI=1S/C20H30O3.H2O/c1-6-8-9-15(3)13-19-18(17(5)20(21)23-19)11-10-16(4)14-22-12-7-2;/h6-8,15,18-19H,2,4-5,9-14H2,1,3H3;1H2/b8-6+;/t15-,18-,19+;/m0./s1. The highest BCUT2D eigenvalue weighted by molar-refractivity contribution is 5.90. The summed E-state index contributed by atoms with van der Waals surface area (Å²) in [4.78, 5) is 11.9. The van der Waals surface area contributed by atoms with E-state index < -0.39 is 0 Å². The molecule has 0 aromatic heterocycles. The molecular weight excluding hydrogens is 304 g/mol. The first-order valence-electron chi connectivity index (χ1n) is 8.35. The van der Waals surface area contributed by atoms with E-state index in [1.165, 1.54) is 0 Å². The minimum Gasteiger partial charge on any atom is -0.458 e. The SMILES string of the molecule is C=CCOCC(=C)CC[C@H]1C(=C)C(=O)O[C@@H]1C[C@@H](C)C/C=C/C.O. The fraction of sp³-hybridized carbons (Fsp3) is 0.550. The largest absolute Gasteiger partial charge is 0.458 e. The van der Waals surface area contributed by atoms with Gasteiger partial charge in [-0.3, -0.25) is 0 Å². The first-order chi connectivity index (χ1) is 11.0. The number of hydrogen-bond donors (Lipinski definition) is 0. The normalized spacial score (nSPS) is 21.4. The van der Waals surface area contributed by atoms with Gasteiger partial charge in [-0.15, -0.1) is 6.58 Å². The highest BCUT2D eigenvalue weighted by atomic mass is 16.6. The van der Waals surface area contributed by atoms with Crippen LogP contribution in [-0.4, -0.2) is 30.8 Å². The average Bonchev–Trinajstić information content (AvgIpc) is 2.77. The second kappa shape index (κ2) is 11.8. The van der Waals surface area contributed by atoms with Crippen LogP contribution in [-0.2, 0) is 14.3 Å². The third-order valence-corrected chi connectivity index (χ3v) is 4.18. The Bertz CT molecular complexity index is 464. The van der Waals surface area contributed by atoms with Crippen LogP contribution in [0.15, 0.2) is 49.1 Å². The van der Waals surface area contributed by atoms with Gasteiger partial charge in [0.15, 0.2) is 0 Å². The number of ether oxygens (including phenoxy) is 2. The zero-order valence-corrected chi connectivity index (χ0v) is 15.1. The summed E-state index contributed by atoms with van der Waals surface area (Å²) in [5, 5.41) is 0. The summed E-state index contributed by atoms with van der Waals surface area (Å²) in [5.41, 5.74) is 1.63. The molecule has 1 rings (SSSR count). The Kier molecular flexibility index (Phi) is 11.0. The molecule has 2 N–H and O–H groups in total. The Morgan fingerprint density at radius 2 is 2.17 bits per heavy atom. The molecule has 4 nitrogen and oxygen atoms in total. The average molecular weight is 336 g/mol. The lowest BCUT2D eigenvalue weighted by Gasteiger charge is -2.21. The number of allylic oxidation sites excluding steroid dienone is 2. The van der Waals surface area contributed by atoms with Gasteiger partial charge in [-0.25, -0.2) is 4.79 Å². The molecule has 1 aliphatic rings. The van der Waals surface area contributed by atoms with E-state index in [4.69, 9.17) is 9.47 Å². The van der Waals surface area contributed by atoms with E-state index in [1.54, 1.807) is 6.08 Å². The molecule has 4 heteroatoms. The number of esters is 1. The molecule has 0 radical (unpaired) electrons. The lowest BCUT2D eigenvalue weighted by Crippen LogP contribution is -2.20. The topological polar surface area (TPSA) is 67.0 Å². The van der Waals surface area contributed by atoms with E-state index >= 15 is 0 Å². The Hall–Kier alpha value is -1.65. The van der Waals surface area contributed by atoms with Gasteiger partial charge >= 0.3 is 5.97 Å². The third kappa shape index (κ3) is 7.28. The Balaban J connectivity index is 0.00000529. The fourth-order valence-electron chi connectivity index (χ4n) is 2.82. The van der Waals surface area contributed by atoms with Crippen LogP contribution in [0.25, 0.3) is 0 Å². The van der Waals surface area contributed by atoms with Crippen LogP contribution in [0.1, 0.15) is 39.5 Å². The van der Waals surface area contributed by atoms with Crippen molar-refractivity contribution in [1.82, 2.24) is 0 Å². The lowest BCUT2D eigenvalue weighted by atomic mass is 9.86. The summed E-state index contributed by atoms with van der Waals surface area (Å²) >= 11 is 0. The van der Waals surface area contributed by atoms with E-state index in [2.05, 4.69) is 38.8 Å². The molecule has 1 saturated heterocycles. The zero-order chi connectivity index (χ0) is 17.2. The van der Waals surface area contributed by atoms with Crippen LogP contribution in [0.2, 0.25) is 0 Å². The lowest BCUT2D eigenvalue weighted by molar-refractivity contribution is -0.139. The van der Waals surface area contributed by atoms with Crippen molar-refractivity contribution < 1.29 is 19.7 Å². The molecule has 0 aromatic rings. The summed E-state index contributed by atoms with van der Waals surface area (Å²) in [6.45, 7) is 16.8. The Morgan fingerprint density at radius 1 is 1.46 bits per heavy atom. The minimum absolute atomic E-state index is 0. The van der Waals surface area contributed by atoms with Gasteiger partial charge in [0.2, 0.25) is 0 Å². The molecule has 0 unspecified atom stereocenters. The summed E-state index contributed by atoms with van der Waals surface area (Å²) in [6.07, 6.45) is 9.41. The van der Waals surface area contributed by atoms with Crippen molar-refractivity contribution in [3.05, 3.63) is 49.1 Å². The molecule has 0 amide bonds. The van der Waals surface area contributed by atoms with Gasteiger partial charge in [0.25, 0.3) is 0 Å². The van der Waals surface area contributed by atoms with Crippen LogP contribution in [0, 0.1) is 11.8 Å². The van der Waals surface area contributed by atoms with Crippen LogP contribution < -0.4 is 0 Å². The van der Waals surface area contributed by atoms with Crippen molar-refractivity contribution in [2.24, 2.45) is 11.8 Å². The van der Waals surface area contributed by atoms with Gasteiger partial charge in [0.1, 0.15) is 6.10 Å². The molecule has 1 heterocycles. The number of carbonyl (C=O) groups excluding carboxylic acids is 1. The van der Waals surface area contributed by atoms with Gasteiger partial charge in [-0.1, -0.05) is 43.9 Å². The van der Waals surface area contributed by atoms with Crippen molar-refractivity contribution in [1.29, 1.82) is 0 Å². The van der Waals surface area contributed by atoms with Crippen LogP contribution >= 0.6 is 0 Å². The maximum absolute atomic E-state index is 11.9. The number of hydrogen-bond acceptors (Lipinski definition) is 3. The predicted octanol–water partition coefficient (Wildman–Crippen LogP) is 3.79. The molecule has 0 aromatic carbocycles. The van der Waals surface area contributed by atoms with Crippen LogP contribution in [0.4, 0.5) is 0 Å². The first-order valence-corrected chi connectivity index (χ1v) is 8.35. The number of cyclic esters (lactones) is 1. The van der Waals surface area contributed by atoms with E-state index in [1.807, 2.05) is 6.92 Å². The Morgan fingerprint density at radius 3 is 2.79 bits per heavy atom. The smallest absolute Gasteiger partial charge is 0.334 e. The molecule has 0 saturated carbocycles. The first kappa shape index (κ1) is 22.4. The van der Waals surface area contributed by atoms with Crippen LogP contribution in [0.5, 0.6) is 0 Å². The second-order valence-electron chi connectivity index (χ2n) is 6.31. The van der Waals surface area contributed by atoms with E-state index in [0.717, 1.165) is 31.3 Å². The van der Waals surface area contributed by atoms with Crippen molar-refractivity contribution in [3.8, 4) is 0 Å². The summed E-state index contributed by atoms with van der Waals surface area (Å²) < 4.78 is 10.9. The van der Waals surface area contributed by atoms with E-state index in [9.17, 15) is 4.79 Å². The Labute approximate surface area is 146 Å². The van der Waals surface area contributed by atoms with Crippen LogP contribution in [0.3, 0.4) is 0 Å². The highest BCUT2D eigenvalue weighted by Gasteiger charge is 2.38. The van der Waals surface area contributed by atoms with Crippen molar-refractivity contribution >= 4 is 5.97 Å². The third-order valence-electron chi connectivity index (χ3n) is 4.18. The molecule has 1 aliphatic heterocycles. The highest BCUT2D eigenvalue weighted by Crippen LogP contribution is 2.35. The van der Waals surface area contributed by atoms with E-state index in [0.29, 0.717) is 24.7 Å². The molecule has 24 heavy (non-hydrogen) atoms. The number of rotatable bonds is 11. The molecule has 3 atom stereocenters. The minimum atomic E-state index is -0.244. The van der Waals surface area contributed by atoms with Crippen molar-refractivity contribution in [2.75, 3.05) is 13.2 Å².